The van der Waals surface area contributed by atoms with Gasteiger partial charge in [-0.15, -0.1) is 0 Å². The Morgan fingerprint density at radius 2 is 1.53 bits per heavy atom. The number of hydrogen-bond donors (Lipinski definition) is 2. The fourth-order valence-electron chi connectivity index (χ4n) is 0.952. The molecule has 1 atom stereocenters. The Bertz CT molecular complexity index is 206. The Morgan fingerprint density at radius 3 is 1.80 bits per heavy atom. The van der Waals surface area contributed by atoms with E-state index < -0.39 is 7.75 Å². The maximum Gasteiger partial charge on any atom is 0.406 e. The summed E-state index contributed by atoms with van der Waals surface area (Å²) < 4.78 is 22.6. The molecule has 0 aromatic carbocycles. The molecule has 0 spiro atoms. The molecule has 0 aliphatic heterocycles. The second-order valence-corrected chi connectivity index (χ2v) is 5.69. The minimum Gasteiger partial charge on any atom is -0.395 e. The molecule has 0 saturated heterocycles. The van der Waals surface area contributed by atoms with E-state index in [1.54, 1.807) is 34.6 Å². The molecule has 0 aliphatic rings. The van der Waals surface area contributed by atoms with Gasteiger partial charge < -0.3 is 5.11 Å². The van der Waals surface area contributed by atoms with Crippen molar-refractivity contribution in [3.63, 3.8) is 0 Å². The molecule has 0 aliphatic carbocycles. The van der Waals surface area contributed by atoms with Gasteiger partial charge in [0.15, 0.2) is 0 Å². The first-order chi connectivity index (χ1) is 6.79. The molecule has 6 heteroatoms. The molecule has 5 nitrogen and oxygen atoms in total. The van der Waals surface area contributed by atoms with Crippen molar-refractivity contribution in [1.29, 1.82) is 0 Å². The SMILES string of the molecule is CC(CO)NP(=O)(OC(C)C)OC(C)C. The molecule has 0 radical (unpaired) electrons. The number of aliphatic hydroxyl groups is 1. The van der Waals surface area contributed by atoms with E-state index >= 15 is 0 Å². The maximum absolute atomic E-state index is 12.1. The summed E-state index contributed by atoms with van der Waals surface area (Å²) in [6.45, 7) is 8.71. The fourth-order valence-corrected chi connectivity index (χ4v) is 2.85. The van der Waals surface area contributed by atoms with Gasteiger partial charge in [-0.25, -0.2) is 9.65 Å². The quantitative estimate of drug-likeness (QED) is 0.664. The van der Waals surface area contributed by atoms with Crippen LogP contribution in [0.5, 0.6) is 0 Å². The van der Waals surface area contributed by atoms with Crippen LogP contribution in [-0.2, 0) is 13.6 Å². The summed E-state index contributed by atoms with van der Waals surface area (Å²) in [6.07, 6.45) is -0.402. The van der Waals surface area contributed by atoms with Gasteiger partial charge in [0.05, 0.1) is 18.8 Å². The van der Waals surface area contributed by atoms with Crippen molar-refractivity contribution in [1.82, 2.24) is 5.09 Å². The van der Waals surface area contributed by atoms with E-state index in [0.717, 1.165) is 0 Å². The second kappa shape index (κ2) is 6.61. The molecule has 0 amide bonds. The highest BCUT2D eigenvalue weighted by Gasteiger charge is 2.29. The first-order valence-electron chi connectivity index (χ1n) is 5.14. The third kappa shape index (κ3) is 7.03. The Kier molecular flexibility index (Phi) is 6.64. The lowest BCUT2D eigenvalue weighted by Crippen LogP contribution is -2.30. The highest BCUT2D eigenvalue weighted by molar-refractivity contribution is 7.51. The van der Waals surface area contributed by atoms with Crippen LogP contribution in [0.3, 0.4) is 0 Å². The molecule has 0 bridgehead atoms. The summed E-state index contributed by atoms with van der Waals surface area (Å²) in [5, 5.41) is 11.5. The normalized spacial score (nSPS) is 14.9. The van der Waals surface area contributed by atoms with Gasteiger partial charge in [-0.05, 0) is 34.6 Å². The largest absolute Gasteiger partial charge is 0.406 e. The predicted molar refractivity (Wildman–Crippen MR) is 59.7 cm³/mol. The zero-order valence-electron chi connectivity index (χ0n) is 10.1. The van der Waals surface area contributed by atoms with Gasteiger partial charge in [0, 0.05) is 6.04 Å². The van der Waals surface area contributed by atoms with Crippen LogP contribution < -0.4 is 5.09 Å². The number of nitrogens with one attached hydrogen (secondary N) is 1. The van der Waals surface area contributed by atoms with Gasteiger partial charge in [0.1, 0.15) is 0 Å². The van der Waals surface area contributed by atoms with Crippen LogP contribution in [0.4, 0.5) is 0 Å². The van der Waals surface area contributed by atoms with Gasteiger partial charge in [-0.3, -0.25) is 9.05 Å². The van der Waals surface area contributed by atoms with Crippen LogP contribution in [0, 0.1) is 0 Å². The highest BCUT2D eigenvalue weighted by Crippen LogP contribution is 2.46. The minimum absolute atomic E-state index is 0.118. The van der Waals surface area contributed by atoms with E-state index in [2.05, 4.69) is 5.09 Å². The Morgan fingerprint density at radius 1 is 1.13 bits per heavy atom. The van der Waals surface area contributed by atoms with Crippen LogP contribution in [-0.4, -0.2) is 30.0 Å². The first-order valence-corrected chi connectivity index (χ1v) is 6.69. The molecule has 0 rings (SSSR count). The molecule has 0 saturated carbocycles. The Labute approximate surface area is 91.7 Å². The van der Waals surface area contributed by atoms with Crippen molar-refractivity contribution in [2.45, 2.75) is 52.9 Å². The number of aliphatic hydroxyl groups excluding tert-OH is 1. The van der Waals surface area contributed by atoms with Crippen molar-refractivity contribution in [3.05, 3.63) is 0 Å². The van der Waals surface area contributed by atoms with Crippen LogP contribution in [0.1, 0.15) is 34.6 Å². The lowest BCUT2D eigenvalue weighted by Gasteiger charge is -2.25. The Balaban J connectivity index is 4.47. The summed E-state index contributed by atoms with van der Waals surface area (Å²) in [5.74, 6) is 0. The van der Waals surface area contributed by atoms with Gasteiger partial charge in [-0.1, -0.05) is 0 Å². The average Bonchev–Trinajstić information content (AvgIpc) is 1.99. The molecule has 0 fully saturated rings. The standard InChI is InChI=1S/C9H22NO4P/c1-7(2)13-15(12,14-8(3)4)10-9(5)6-11/h7-9,11H,6H2,1-5H3,(H,10,12). The zero-order valence-corrected chi connectivity index (χ0v) is 11.0. The maximum atomic E-state index is 12.1. The summed E-state index contributed by atoms with van der Waals surface area (Å²) in [5.41, 5.74) is 0. The monoisotopic (exact) mass is 239 g/mol. The van der Waals surface area contributed by atoms with Gasteiger partial charge in [0.2, 0.25) is 0 Å². The topological polar surface area (TPSA) is 67.8 Å². The minimum atomic E-state index is -3.31. The van der Waals surface area contributed by atoms with Crippen molar-refractivity contribution in [3.8, 4) is 0 Å². The van der Waals surface area contributed by atoms with Crippen molar-refractivity contribution in [2.24, 2.45) is 0 Å². The highest BCUT2D eigenvalue weighted by atomic mass is 31.2. The molecule has 92 valence electrons. The van der Waals surface area contributed by atoms with Gasteiger partial charge in [0.25, 0.3) is 0 Å². The van der Waals surface area contributed by atoms with Crippen molar-refractivity contribution >= 4 is 7.75 Å². The molecule has 2 N–H and O–H groups in total. The van der Waals surface area contributed by atoms with Crippen LogP contribution in [0.15, 0.2) is 0 Å². The lowest BCUT2D eigenvalue weighted by molar-refractivity contribution is 0.129. The van der Waals surface area contributed by atoms with E-state index in [9.17, 15) is 4.57 Å². The van der Waals surface area contributed by atoms with E-state index in [4.69, 9.17) is 14.2 Å². The van der Waals surface area contributed by atoms with Crippen molar-refractivity contribution < 1.29 is 18.7 Å². The predicted octanol–water partition coefficient (Wildman–Crippen LogP) is 1.91. The van der Waals surface area contributed by atoms with E-state index in [-0.39, 0.29) is 24.9 Å². The Hall–Kier alpha value is 0.0700. The second-order valence-electron chi connectivity index (χ2n) is 4.02. The van der Waals surface area contributed by atoms with Crippen LogP contribution >= 0.6 is 7.75 Å². The zero-order chi connectivity index (χ0) is 12.1. The molecule has 0 aromatic rings. The third-order valence-electron chi connectivity index (χ3n) is 1.35. The first kappa shape index (κ1) is 15.1. The molecule has 1 unspecified atom stereocenters. The van der Waals surface area contributed by atoms with Crippen LogP contribution in [0.2, 0.25) is 0 Å². The van der Waals surface area contributed by atoms with E-state index in [1.165, 1.54) is 0 Å². The van der Waals surface area contributed by atoms with Gasteiger partial charge >= 0.3 is 7.75 Å². The number of hydrogen-bond acceptors (Lipinski definition) is 4. The molecule has 15 heavy (non-hydrogen) atoms. The summed E-state index contributed by atoms with van der Waals surface area (Å²) in [7, 11) is -3.31. The smallest absolute Gasteiger partial charge is 0.395 e. The van der Waals surface area contributed by atoms with Crippen LogP contribution in [0.25, 0.3) is 0 Å². The van der Waals surface area contributed by atoms with Crippen molar-refractivity contribution in [2.75, 3.05) is 6.61 Å². The molecule has 0 heterocycles. The average molecular weight is 239 g/mol. The summed E-state index contributed by atoms with van der Waals surface area (Å²) >= 11 is 0. The molecular weight excluding hydrogens is 217 g/mol. The van der Waals surface area contributed by atoms with Gasteiger partial charge in [-0.2, -0.15) is 0 Å². The van der Waals surface area contributed by atoms with E-state index in [0.29, 0.717) is 0 Å². The third-order valence-corrected chi connectivity index (χ3v) is 3.51. The van der Waals surface area contributed by atoms with E-state index in [1.807, 2.05) is 0 Å². The molecular formula is C9H22NO4P. The molecule has 0 aromatic heterocycles. The lowest BCUT2D eigenvalue weighted by atomic mass is 10.4. The summed E-state index contributed by atoms with van der Waals surface area (Å²) in [6, 6.07) is -0.326. The number of rotatable bonds is 7. The summed E-state index contributed by atoms with van der Waals surface area (Å²) in [4.78, 5) is 0. The fraction of sp³-hybridized carbons (Fsp3) is 1.00.